The minimum Gasteiger partial charge on any atom is -0.393 e. The Bertz CT molecular complexity index is 181. The predicted molar refractivity (Wildman–Crippen MR) is 51.5 cm³/mol. The molecule has 2 nitrogen and oxygen atoms in total. The van der Waals surface area contributed by atoms with Gasteiger partial charge in [0.15, 0.2) is 0 Å². The highest BCUT2D eigenvalue weighted by Gasteiger charge is 2.49. The molecule has 2 bridgehead atoms. The Morgan fingerprint density at radius 1 is 1.38 bits per heavy atom. The molecule has 2 atom stereocenters. The van der Waals surface area contributed by atoms with Crippen LogP contribution in [0.15, 0.2) is 0 Å². The van der Waals surface area contributed by atoms with E-state index in [4.69, 9.17) is 4.74 Å². The summed E-state index contributed by atoms with van der Waals surface area (Å²) in [5.74, 6) is 1.24. The van der Waals surface area contributed by atoms with Crippen LogP contribution >= 0.6 is 0 Å². The van der Waals surface area contributed by atoms with Gasteiger partial charge in [0.25, 0.3) is 0 Å². The summed E-state index contributed by atoms with van der Waals surface area (Å²) in [6.45, 7) is 1.91. The summed E-state index contributed by atoms with van der Waals surface area (Å²) in [6.07, 6.45) is 5.88. The standard InChI is InChI=1S/C11H20O2/c1-8(12)10-7-9-3-5-11(10,13-2)6-4-9/h8-10,12H,3-7H2,1-2H3/t8?,9?,10-,11?/m0/s1. The Hall–Kier alpha value is -0.0800. The van der Waals surface area contributed by atoms with E-state index in [1.165, 1.54) is 19.3 Å². The van der Waals surface area contributed by atoms with Crippen molar-refractivity contribution in [1.29, 1.82) is 0 Å². The summed E-state index contributed by atoms with van der Waals surface area (Å²) in [7, 11) is 1.81. The molecule has 13 heavy (non-hydrogen) atoms. The highest BCUT2D eigenvalue weighted by Crippen LogP contribution is 2.50. The lowest BCUT2D eigenvalue weighted by Gasteiger charge is -2.52. The fraction of sp³-hybridized carbons (Fsp3) is 1.00. The Labute approximate surface area is 80.3 Å². The minimum absolute atomic E-state index is 0.0168. The molecule has 0 radical (unpaired) electrons. The van der Waals surface area contributed by atoms with Gasteiger partial charge in [-0.1, -0.05) is 0 Å². The number of hydrogen-bond donors (Lipinski definition) is 1. The maximum absolute atomic E-state index is 9.72. The molecule has 0 amide bonds. The molecule has 0 aromatic rings. The van der Waals surface area contributed by atoms with Crippen LogP contribution in [0.25, 0.3) is 0 Å². The zero-order valence-corrected chi connectivity index (χ0v) is 8.62. The highest BCUT2D eigenvalue weighted by atomic mass is 16.5. The molecule has 0 spiro atoms. The summed E-state index contributed by atoms with van der Waals surface area (Å²) >= 11 is 0. The van der Waals surface area contributed by atoms with Crippen molar-refractivity contribution in [2.45, 2.75) is 50.7 Å². The second-order valence-electron chi connectivity index (χ2n) is 4.80. The van der Waals surface area contributed by atoms with Gasteiger partial charge in [0, 0.05) is 13.0 Å². The van der Waals surface area contributed by atoms with Crippen molar-refractivity contribution in [1.82, 2.24) is 0 Å². The third kappa shape index (κ3) is 1.40. The smallest absolute Gasteiger partial charge is 0.0731 e. The lowest BCUT2D eigenvalue weighted by atomic mass is 9.60. The van der Waals surface area contributed by atoms with Crippen LogP contribution in [0.3, 0.4) is 0 Å². The largest absolute Gasteiger partial charge is 0.393 e. The molecule has 3 aliphatic carbocycles. The second kappa shape index (κ2) is 3.25. The molecule has 2 heteroatoms. The number of ether oxygens (including phenoxy) is 1. The van der Waals surface area contributed by atoms with Gasteiger partial charge < -0.3 is 9.84 Å². The summed E-state index contributed by atoms with van der Waals surface area (Å²) in [5, 5.41) is 9.72. The molecule has 1 unspecified atom stereocenters. The van der Waals surface area contributed by atoms with Gasteiger partial charge in [-0.05, 0) is 44.9 Å². The summed E-state index contributed by atoms with van der Waals surface area (Å²) in [5.41, 5.74) is 0.0168. The molecule has 1 N–H and O–H groups in total. The Morgan fingerprint density at radius 3 is 2.38 bits per heavy atom. The number of hydrogen-bond acceptors (Lipinski definition) is 2. The molecule has 0 saturated heterocycles. The van der Waals surface area contributed by atoms with E-state index in [2.05, 4.69) is 0 Å². The quantitative estimate of drug-likeness (QED) is 0.711. The number of aliphatic hydroxyl groups excluding tert-OH is 1. The Kier molecular flexibility index (Phi) is 2.37. The Morgan fingerprint density at radius 2 is 2.00 bits per heavy atom. The third-order valence-electron chi connectivity index (χ3n) is 4.20. The molecule has 76 valence electrons. The van der Waals surface area contributed by atoms with Crippen molar-refractivity contribution in [3.63, 3.8) is 0 Å². The predicted octanol–water partition coefficient (Wildman–Crippen LogP) is 1.96. The summed E-state index contributed by atoms with van der Waals surface area (Å²) in [4.78, 5) is 0. The molecule has 3 aliphatic rings. The number of fused-ring (bicyclic) bond motifs is 3. The van der Waals surface area contributed by atoms with Crippen molar-refractivity contribution in [2.24, 2.45) is 11.8 Å². The first-order valence-electron chi connectivity index (χ1n) is 5.41. The van der Waals surface area contributed by atoms with E-state index < -0.39 is 0 Å². The summed E-state index contributed by atoms with van der Waals surface area (Å²) in [6, 6.07) is 0. The van der Waals surface area contributed by atoms with Crippen molar-refractivity contribution in [3.05, 3.63) is 0 Å². The van der Waals surface area contributed by atoms with Crippen molar-refractivity contribution in [3.8, 4) is 0 Å². The highest BCUT2D eigenvalue weighted by molar-refractivity contribution is 5.00. The lowest BCUT2D eigenvalue weighted by molar-refractivity contribution is -0.158. The first kappa shape index (κ1) is 9.47. The zero-order chi connectivity index (χ0) is 9.47. The van der Waals surface area contributed by atoms with Gasteiger partial charge >= 0.3 is 0 Å². The van der Waals surface area contributed by atoms with Gasteiger partial charge in [0.2, 0.25) is 0 Å². The SMILES string of the molecule is COC12CCC(CC1)C[C@H]2C(C)O. The van der Waals surface area contributed by atoms with Crippen molar-refractivity contribution < 1.29 is 9.84 Å². The van der Waals surface area contributed by atoms with Crippen LogP contribution < -0.4 is 0 Å². The molecule has 0 heterocycles. The van der Waals surface area contributed by atoms with Crippen molar-refractivity contribution >= 4 is 0 Å². The van der Waals surface area contributed by atoms with Crippen LogP contribution in [-0.4, -0.2) is 23.9 Å². The van der Waals surface area contributed by atoms with Crippen LogP contribution in [0.1, 0.15) is 39.0 Å². The molecular weight excluding hydrogens is 164 g/mol. The van der Waals surface area contributed by atoms with Crippen LogP contribution in [0.4, 0.5) is 0 Å². The number of rotatable bonds is 2. The van der Waals surface area contributed by atoms with Crippen LogP contribution in [0.2, 0.25) is 0 Å². The zero-order valence-electron chi connectivity index (χ0n) is 8.62. The van der Waals surface area contributed by atoms with Gasteiger partial charge in [-0.15, -0.1) is 0 Å². The molecule has 3 rings (SSSR count). The minimum atomic E-state index is -0.206. The average molecular weight is 184 g/mol. The number of methoxy groups -OCH3 is 1. The average Bonchev–Trinajstić information content (AvgIpc) is 2.19. The van der Waals surface area contributed by atoms with E-state index in [-0.39, 0.29) is 11.7 Å². The first-order valence-corrected chi connectivity index (χ1v) is 5.41. The molecule has 0 aromatic carbocycles. The maximum atomic E-state index is 9.72. The van der Waals surface area contributed by atoms with Gasteiger partial charge in [0.1, 0.15) is 0 Å². The van der Waals surface area contributed by atoms with Crippen molar-refractivity contribution in [2.75, 3.05) is 7.11 Å². The van der Waals surface area contributed by atoms with E-state index in [9.17, 15) is 5.11 Å². The maximum Gasteiger partial charge on any atom is 0.0731 e. The van der Waals surface area contributed by atoms with Gasteiger partial charge in [-0.2, -0.15) is 0 Å². The molecule has 0 aromatic heterocycles. The van der Waals surface area contributed by atoms with Gasteiger partial charge in [-0.3, -0.25) is 0 Å². The van der Waals surface area contributed by atoms with E-state index >= 15 is 0 Å². The fourth-order valence-corrected chi connectivity index (χ4v) is 3.34. The van der Waals surface area contributed by atoms with Gasteiger partial charge in [0.05, 0.1) is 11.7 Å². The fourth-order valence-electron chi connectivity index (χ4n) is 3.34. The molecule has 0 aliphatic heterocycles. The van der Waals surface area contributed by atoms with Crippen LogP contribution in [0, 0.1) is 11.8 Å². The van der Waals surface area contributed by atoms with E-state index in [1.54, 1.807) is 7.11 Å². The van der Waals surface area contributed by atoms with Crippen LogP contribution in [-0.2, 0) is 4.74 Å². The van der Waals surface area contributed by atoms with Gasteiger partial charge in [-0.25, -0.2) is 0 Å². The Balaban J connectivity index is 2.18. The third-order valence-corrected chi connectivity index (χ3v) is 4.20. The molecule has 3 saturated carbocycles. The number of aliphatic hydroxyl groups is 1. The second-order valence-corrected chi connectivity index (χ2v) is 4.80. The normalized spacial score (nSPS) is 46.4. The monoisotopic (exact) mass is 184 g/mol. The summed E-state index contributed by atoms with van der Waals surface area (Å²) < 4.78 is 5.68. The van der Waals surface area contributed by atoms with E-state index in [0.717, 1.165) is 18.8 Å². The van der Waals surface area contributed by atoms with E-state index in [0.29, 0.717) is 5.92 Å². The molecular formula is C11H20O2. The lowest BCUT2D eigenvalue weighted by Crippen LogP contribution is -2.52. The van der Waals surface area contributed by atoms with E-state index in [1.807, 2.05) is 6.92 Å². The van der Waals surface area contributed by atoms with Crippen LogP contribution in [0.5, 0.6) is 0 Å². The topological polar surface area (TPSA) is 29.5 Å². The first-order chi connectivity index (χ1) is 6.18. The molecule has 3 fully saturated rings.